The van der Waals surface area contributed by atoms with Crippen LogP contribution >= 0.6 is 0 Å². The van der Waals surface area contributed by atoms with E-state index < -0.39 is 0 Å². The molecule has 92 valence electrons. The van der Waals surface area contributed by atoms with Crippen LogP contribution in [0.3, 0.4) is 0 Å². The van der Waals surface area contributed by atoms with E-state index in [-0.39, 0.29) is 11.8 Å². The first-order valence-electron chi connectivity index (χ1n) is 6.62. The van der Waals surface area contributed by atoms with Crippen LogP contribution in [-0.4, -0.2) is 12.1 Å². The van der Waals surface area contributed by atoms with Crippen molar-refractivity contribution in [3.8, 4) is 0 Å². The Balaban J connectivity index is 1.60. The lowest BCUT2D eigenvalue weighted by molar-refractivity contribution is -0.122. The summed E-state index contributed by atoms with van der Waals surface area (Å²) in [5, 5.41) is 4.10. The van der Waals surface area contributed by atoms with Gasteiger partial charge in [0, 0.05) is 5.92 Å². The predicted octanol–water partition coefficient (Wildman–Crippen LogP) is 2.49. The molecule has 1 amide bonds. The van der Waals surface area contributed by atoms with Crippen LogP contribution < -0.4 is 5.43 Å². The first-order valence-corrected chi connectivity index (χ1v) is 6.62. The molecule has 3 heteroatoms. The second-order valence-electron chi connectivity index (χ2n) is 6.25. The second-order valence-corrected chi connectivity index (χ2v) is 6.25. The van der Waals surface area contributed by atoms with E-state index in [0.717, 1.165) is 18.8 Å². The summed E-state index contributed by atoms with van der Waals surface area (Å²) in [4.78, 5) is 11.4. The Bertz CT molecular complexity index is 404. The predicted molar refractivity (Wildman–Crippen MR) is 67.4 cm³/mol. The van der Waals surface area contributed by atoms with Crippen LogP contribution in [-0.2, 0) is 4.79 Å². The summed E-state index contributed by atoms with van der Waals surface area (Å²) < 4.78 is 0. The van der Waals surface area contributed by atoms with Gasteiger partial charge in [0.15, 0.2) is 0 Å². The van der Waals surface area contributed by atoms with Gasteiger partial charge in [-0.2, -0.15) is 5.10 Å². The summed E-state index contributed by atoms with van der Waals surface area (Å²) in [6.45, 7) is 4.69. The third kappa shape index (κ3) is 1.81. The SMILES string of the molecule is CC1(C)[C@H]2CC=C(C=NNC(=O)C3CC3)[C@H]1C2. The van der Waals surface area contributed by atoms with E-state index in [0.29, 0.717) is 11.3 Å². The van der Waals surface area contributed by atoms with Crippen molar-refractivity contribution in [1.82, 2.24) is 5.43 Å². The number of nitrogens with one attached hydrogen (secondary N) is 1. The number of carbonyl (C=O) groups is 1. The molecule has 0 saturated heterocycles. The van der Waals surface area contributed by atoms with Crippen LogP contribution in [0.1, 0.15) is 39.5 Å². The molecule has 4 aliphatic rings. The minimum Gasteiger partial charge on any atom is -0.273 e. The smallest absolute Gasteiger partial charge is 0.243 e. The Morgan fingerprint density at radius 1 is 1.53 bits per heavy atom. The topological polar surface area (TPSA) is 41.5 Å². The number of allylic oxidation sites excluding steroid dienone is 2. The van der Waals surface area contributed by atoms with Crippen molar-refractivity contribution < 1.29 is 4.79 Å². The molecule has 17 heavy (non-hydrogen) atoms. The van der Waals surface area contributed by atoms with E-state index in [9.17, 15) is 4.79 Å². The van der Waals surface area contributed by atoms with Crippen LogP contribution in [0.5, 0.6) is 0 Å². The number of hydrazone groups is 1. The fraction of sp³-hybridized carbons (Fsp3) is 0.714. The van der Waals surface area contributed by atoms with Gasteiger partial charge in [-0.3, -0.25) is 4.79 Å². The average molecular weight is 232 g/mol. The highest BCUT2D eigenvalue weighted by Crippen LogP contribution is 2.58. The van der Waals surface area contributed by atoms with Crippen molar-refractivity contribution in [2.45, 2.75) is 39.5 Å². The highest BCUT2D eigenvalue weighted by molar-refractivity contribution is 5.84. The summed E-state index contributed by atoms with van der Waals surface area (Å²) in [7, 11) is 0. The lowest BCUT2D eigenvalue weighted by Crippen LogP contribution is -2.48. The van der Waals surface area contributed by atoms with Crippen molar-refractivity contribution >= 4 is 12.1 Å². The van der Waals surface area contributed by atoms with Gasteiger partial charge >= 0.3 is 0 Å². The van der Waals surface area contributed by atoms with Gasteiger partial charge < -0.3 is 0 Å². The zero-order chi connectivity index (χ0) is 12.0. The van der Waals surface area contributed by atoms with Crippen LogP contribution in [0, 0.1) is 23.2 Å². The van der Waals surface area contributed by atoms with E-state index in [2.05, 4.69) is 30.5 Å². The van der Waals surface area contributed by atoms with Crippen LogP contribution in [0.15, 0.2) is 16.8 Å². The highest BCUT2D eigenvalue weighted by Gasteiger charge is 2.50. The average Bonchev–Trinajstić information content (AvgIpc) is 3.12. The highest BCUT2D eigenvalue weighted by atomic mass is 16.2. The second kappa shape index (κ2) is 3.69. The fourth-order valence-electron chi connectivity index (χ4n) is 3.15. The van der Waals surface area contributed by atoms with E-state index in [1.165, 1.54) is 18.4 Å². The van der Waals surface area contributed by atoms with Gasteiger partial charge in [-0.05, 0) is 48.5 Å². The maximum atomic E-state index is 11.4. The van der Waals surface area contributed by atoms with E-state index in [1.807, 2.05) is 6.21 Å². The molecule has 2 bridgehead atoms. The third-order valence-corrected chi connectivity index (χ3v) is 4.85. The van der Waals surface area contributed by atoms with Crippen molar-refractivity contribution in [3.63, 3.8) is 0 Å². The molecule has 0 radical (unpaired) electrons. The Hall–Kier alpha value is -1.12. The molecular formula is C14H20N2O. The molecule has 2 atom stereocenters. The molecule has 0 heterocycles. The van der Waals surface area contributed by atoms with Gasteiger partial charge in [0.1, 0.15) is 0 Å². The Kier molecular flexibility index (Phi) is 2.39. The minimum absolute atomic E-state index is 0.0865. The summed E-state index contributed by atoms with van der Waals surface area (Å²) in [5.74, 6) is 1.81. The number of nitrogens with zero attached hydrogens (tertiary/aromatic N) is 1. The minimum atomic E-state index is 0.0865. The molecule has 0 unspecified atom stereocenters. The lowest BCUT2D eigenvalue weighted by Gasteiger charge is -2.55. The first kappa shape index (κ1) is 11.0. The molecule has 2 saturated carbocycles. The molecule has 2 fully saturated rings. The largest absolute Gasteiger partial charge is 0.273 e. The van der Waals surface area contributed by atoms with Crippen LogP contribution in [0.25, 0.3) is 0 Å². The van der Waals surface area contributed by atoms with Crippen molar-refractivity contribution in [1.29, 1.82) is 0 Å². The third-order valence-electron chi connectivity index (χ3n) is 4.85. The number of hydrogen-bond acceptors (Lipinski definition) is 2. The molecule has 0 spiro atoms. The number of amides is 1. The van der Waals surface area contributed by atoms with Gasteiger partial charge in [-0.1, -0.05) is 19.9 Å². The number of fused-ring (bicyclic) bond motifs is 1. The zero-order valence-electron chi connectivity index (χ0n) is 10.6. The summed E-state index contributed by atoms with van der Waals surface area (Å²) in [5.41, 5.74) is 4.39. The van der Waals surface area contributed by atoms with E-state index >= 15 is 0 Å². The van der Waals surface area contributed by atoms with Crippen LogP contribution in [0.4, 0.5) is 0 Å². The fourth-order valence-corrected chi connectivity index (χ4v) is 3.15. The number of hydrogen-bond donors (Lipinski definition) is 1. The van der Waals surface area contributed by atoms with Crippen molar-refractivity contribution in [2.75, 3.05) is 0 Å². The molecule has 0 aromatic heterocycles. The number of rotatable bonds is 3. The molecule has 3 nitrogen and oxygen atoms in total. The summed E-state index contributed by atoms with van der Waals surface area (Å²) in [6.07, 6.45) is 8.67. The molecule has 4 aliphatic carbocycles. The lowest BCUT2D eigenvalue weighted by atomic mass is 9.49. The number of carbonyl (C=O) groups excluding carboxylic acids is 1. The Morgan fingerprint density at radius 2 is 2.29 bits per heavy atom. The molecule has 4 rings (SSSR count). The van der Waals surface area contributed by atoms with E-state index in [4.69, 9.17) is 0 Å². The van der Waals surface area contributed by atoms with Gasteiger partial charge in [0.25, 0.3) is 0 Å². The molecular weight excluding hydrogens is 212 g/mol. The first-order chi connectivity index (χ1) is 8.09. The molecule has 0 aliphatic heterocycles. The van der Waals surface area contributed by atoms with Crippen molar-refractivity contribution in [2.24, 2.45) is 28.3 Å². The maximum Gasteiger partial charge on any atom is 0.243 e. The van der Waals surface area contributed by atoms with Gasteiger partial charge in [-0.25, -0.2) is 5.43 Å². The van der Waals surface area contributed by atoms with Gasteiger partial charge in [-0.15, -0.1) is 0 Å². The monoisotopic (exact) mass is 232 g/mol. The van der Waals surface area contributed by atoms with E-state index in [1.54, 1.807) is 0 Å². The summed E-state index contributed by atoms with van der Waals surface area (Å²) >= 11 is 0. The Morgan fingerprint density at radius 3 is 2.88 bits per heavy atom. The summed E-state index contributed by atoms with van der Waals surface area (Å²) in [6, 6.07) is 0. The zero-order valence-corrected chi connectivity index (χ0v) is 10.6. The molecule has 0 aromatic rings. The maximum absolute atomic E-state index is 11.4. The molecule has 0 aromatic carbocycles. The van der Waals surface area contributed by atoms with Crippen LogP contribution in [0.2, 0.25) is 0 Å². The standard InChI is InChI=1S/C14H20N2O/c1-14(2)11-6-5-10(12(14)7-11)8-15-16-13(17)9-3-4-9/h5,8-9,11-12H,3-4,6-7H2,1-2H3,(H,16,17)/t11-,12+/m0/s1. The Labute approximate surface area is 102 Å². The van der Waals surface area contributed by atoms with Gasteiger partial charge in [0.2, 0.25) is 5.91 Å². The quantitative estimate of drug-likeness (QED) is 0.589. The van der Waals surface area contributed by atoms with Gasteiger partial charge in [0.05, 0.1) is 6.21 Å². The van der Waals surface area contributed by atoms with Crippen molar-refractivity contribution in [3.05, 3.63) is 11.6 Å². The molecule has 1 N–H and O–H groups in total. The normalized spacial score (nSPS) is 34.1.